The lowest BCUT2D eigenvalue weighted by Crippen LogP contribution is -2.38. The Kier molecular flexibility index (Phi) is 9.21. The van der Waals surface area contributed by atoms with Crippen molar-refractivity contribution in [3.8, 4) is 34.4 Å². The van der Waals surface area contributed by atoms with Crippen LogP contribution in [0, 0.1) is 11.3 Å². The van der Waals surface area contributed by atoms with Gasteiger partial charge in [0.1, 0.15) is 23.2 Å². The molecule has 3 N–H and O–H groups in total. The minimum absolute atomic E-state index is 0.183. The van der Waals surface area contributed by atoms with E-state index in [1.54, 1.807) is 12.4 Å². The Labute approximate surface area is 285 Å². The molecule has 0 spiro atoms. The molecule has 2 fully saturated rings. The summed E-state index contributed by atoms with van der Waals surface area (Å²) in [6.07, 6.45) is 9.67. The summed E-state index contributed by atoms with van der Waals surface area (Å²) in [6, 6.07) is 24.8. The number of nitrogen functional groups attached to an aromatic ring is 1. The SMILES string of the molecule is CC.N#Cc1nccc(NC2CCN(Cc3ccc(-n4c(-c5cccnc5N)nc5ccc(-c6ccc(C7CC7)nc6)nc54)cc3)CC2)n1. The fourth-order valence-electron chi connectivity index (χ4n) is 6.27. The van der Waals surface area contributed by atoms with E-state index in [9.17, 15) is 0 Å². The third-order valence-corrected chi connectivity index (χ3v) is 8.96. The lowest BCUT2D eigenvalue weighted by molar-refractivity contribution is 0.211. The summed E-state index contributed by atoms with van der Waals surface area (Å²) >= 11 is 0. The fraction of sp³-hybridized carbons (Fsp3) is 0.289. The monoisotopic (exact) mass is 649 g/mol. The molecule has 8 rings (SSSR count). The quantitative estimate of drug-likeness (QED) is 0.181. The van der Waals surface area contributed by atoms with E-state index in [0.29, 0.717) is 29.4 Å². The first-order valence-electron chi connectivity index (χ1n) is 17.0. The molecule has 11 nitrogen and oxygen atoms in total. The lowest BCUT2D eigenvalue weighted by Gasteiger charge is -2.32. The summed E-state index contributed by atoms with van der Waals surface area (Å²) in [5.74, 6) is 2.61. The second kappa shape index (κ2) is 14.2. The Morgan fingerprint density at radius 3 is 2.39 bits per heavy atom. The van der Waals surface area contributed by atoms with E-state index in [4.69, 9.17) is 25.9 Å². The Balaban J connectivity index is 0.00000186. The first-order chi connectivity index (χ1) is 24.1. The van der Waals surface area contributed by atoms with Gasteiger partial charge in [0, 0.05) is 67.1 Å². The third kappa shape index (κ3) is 6.96. The standard InChI is InChI=1S/C36H33N11.C2H6/c37-20-33-39-17-13-32(45-33)42-26-14-18-46(19-15-26)22-23-3-8-27(9-4-23)47-35(28-2-1-16-40-34(28)38)44-31-12-11-30(43-36(31)47)25-7-10-29(41-21-25)24-5-6-24;1-2/h1-4,7-13,16-17,21,24,26H,5-6,14-15,18-19,22H2,(H2,38,40)(H,39,42,45);1-2H3. The molecule has 5 aromatic heterocycles. The number of likely N-dealkylation sites (tertiary alicyclic amines) is 1. The zero-order chi connectivity index (χ0) is 33.7. The first-order valence-corrected chi connectivity index (χ1v) is 17.0. The minimum atomic E-state index is 0.183. The van der Waals surface area contributed by atoms with Gasteiger partial charge in [-0.15, -0.1) is 0 Å². The molecule has 6 heterocycles. The molecule has 0 unspecified atom stereocenters. The first kappa shape index (κ1) is 31.8. The second-order valence-electron chi connectivity index (χ2n) is 12.2. The number of hydrogen-bond acceptors (Lipinski definition) is 10. The van der Waals surface area contributed by atoms with Gasteiger partial charge in [-0.1, -0.05) is 26.0 Å². The number of anilines is 2. The summed E-state index contributed by atoms with van der Waals surface area (Å²) in [5, 5.41) is 12.6. The van der Waals surface area contributed by atoms with Crippen LogP contribution in [0.15, 0.2) is 85.3 Å². The number of nitrogens with zero attached hydrogens (tertiary/aromatic N) is 9. The van der Waals surface area contributed by atoms with Crippen molar-refractivity contribution in [1.29, 1.82) is 5.26 Å². The molecule has 1 saturated carbocycles. The van der Waals surface area contributed by atoms with Crippen molar-refractivity contribution >= 4 is 22.8 Å². The molecule has 0 radical (unpaired) electrons. The van der Waals surface area contributed by atoms with Gasteiger partial charge in [-0.05, 0) is 85.8 Å². The van der Waals surface area contributed by atoms with Crippen molar-refractivity contribution in [2.24, 2.45) is 0 Å². The van der Waals surface area contributed by atoms with Crippen LogP contribution in [0.1, 0.15) is 62.5 Å². The number of fused-ring (bicyclic) bond motifs is 1. The summed E-state index contributed by atoms with van der Waals surface area (Å²) in [5.41, 5.74) is 13.8. The van der Waals surface area contributed by atoms with E-state index < -0.39 is 0 Å². The van der Waals surface area contributed by atoms with Gasteiger partial charge in [0.25, 0.3) is 0 Å². The van der Waals surface area contributed by atoms with E-state index in [1.807, 2.05) is 56.4 Å². The van der Waals surface area contributed by atoms with E-state index >= 15 is 0 Å². The highest BCUT2D eigenvalue weighted by molar-refractivity contribution is 5.84. The number of pyridine rings is 3. The van der Waals surface area contributed by atoms with Crippen LogP contribution in [0.4, 0.5) is 11.6 Å². The van der Waals surface area contributed by atoms with E-state index in [1.165, 1.54) is 18.4 Å². The maximum absolute atomic E-state index is 9.09. The van der Waals surface area contributed by atoms with Gasteiger partial charge in [0.15, 0.2) is 11.5 Å². The molecule has 246 valence electrons. The van der Waals surface area contributed by atoms with Crippen molar-refractivity contribution in [2.45, 2.75) is 58.0 Å². The van der Waals surface area contributed by atoms with E-state index in [2.05, 4.69) is 66.1 Å². The van der Waals surface area contributed by atoms with E-state index in [-0.39, 0.29) is 5.82 Å². The average molecular weight is 650 g/mol. The van der Waals surface area contributed by atoms with Crippen LogP contribution in [0.25, 0.3) is 39.5 Å². The molecule has 6 aromatic rings. The molecule has 1 aliphatic heterocycles. The van der Waals surface area contributed by atoms with Gasteiger partial charge < -0.3 is 11.1 Å². The molecule has 0 atom stereocenters. The van der Waals surface area contributed by atoms with Gasteiger partial charge in [-0.2, -0.15) is 5.26 Å². The van der Waals surface area contributed by atoms with Gasteiger partial charge in [0.2, 0.25) is 5.82 Å². The van der Waals surface area contributed by atoms with Gasteiger partial charge in [-0.25, -0.2) is 24.9 Å². The summed E-state index contributed by atoms with van der Waals surface area (Å²) in [6.45, 7) is 6.79. The van der Waals surface area contributed by atoms with Crippen molar-refractivity contribution < 1.29 is 0 Å². The molecule has 1 saturated heterocycles. The molecule has 1 aromatic carbocycles. The number of rotatable bonds is 8. The average Bonchev–Trinajstić information content (AvgIpc) is 3.94. The maximum atomic E-state index is 9.09. The largest absolute Gasteiger partial charge is 0.383 e. The number of piperidine rings is 1. The Morgan fingerprint density at radius 1 is 0.857 bits per heavy atom. The number of nitrogens with two attached hydrogens (primary N) is 1. The van der Waals surface area contributed by atoms with Gasteiger partial charge >= 0.3 is 0 Å². The van der Waals surface area contributed by atoms with Crippen LogP contribution in [0.5, 0.6) is 0 Å². The minimum Gasteiger partial charge on any atom is -0.383 e. The smallest absolute Gasteiger partial charge is 0.234 e. The predicted molar refractivity (Wildman–Crippen MR) is 192 cm³/mol. The number of aromatic nitrogens is 7. The molecule has 49 heavy (non-hydrogen) atoms. The third-order valence-electron chi connectivity index (χ3n) is 8.96. The van der Waals surface area contributed by atoms with Crippen LogP contribution < -0.4 is 11.1 Å². The summed E-state index contributed by atoms with van der Waals surface area (Å²) in [7, 11) is 0. The Hall–Kier alpha value is -5.73. The molecule has 0 bridgehead atoms. The normalized spacial score (nSPS) is 15.0. The lowest BCUT2D eigenvalue weighted by atomic mass is 10.0. The fourth-order valence-corrected chi connectivity index (χ4v) is 6.27. The number of imidazole rings is 1. The number of nitriles is 1. The van der Waals surface area contributed by atoms with Gasteiger partial charge in [0.05, 0.1) is 11.3 Å². The molecule has 0 amide bonds. The molecule has 1 aliphatic carbocycles. The summed E-state index contributed by atoms with van der Waals surface area (Å²) < 4.78 is 2.07. The zero-order valence-corrected chi connectivity index (χ0v) is 27.8. The zero-order valence-electron chi connectivity index (χ0n) is 27.8. The number of nitrogens with one attached hydrogen (secondary N) is 1. The Bertz CT molecular complexity index is 2090. The van der Waals surface area contributed by atoms with E-state index in [0.717, 1.165) is 71.8 Å². The number of hydrogen-bond donors (Lipinski definition) is 2. The van der Waals surface area contributed by atoms with Crippen molar-refractivity contribution in [1.82, 2.24) is 39.4 Å². The van der Waals surface area contributed by atoms with Crippen molar-refractivity contribution in [3.05, 3.63) is 102 Å². The predicted octanol–water partition coefficient (Wildman–Crippen LogP) is 6.77. The van der Waals surface area contributed by atoms with Crippen molar-refractivity contribution in [2.75, 3.05) is 24.1 Å². The van der Waals surface area contributed by atoms with Crippen LogP contribution in [-0.4, -0.2) is 58.5 Å². The van der Waals surface area contributed by atoms with Crippen molar-refractivity contribution in [3.63, 3.8) is 0 Å². The second-order valence-corrected chi connectivity index (χ2v) is 12.2. The Morgan fingerprint density at radius 2 is 1.67 bits per heavy atom. The molecule has 11 heteroatoms. The van der Waals surface area contributed by atoms with Crippen LogP contribution >= 0.6 is 0 Å². The molecular weight excluding hydrogens is 610 g/mol. The molecular formula is C38H39N11. The highest BCUT2D eigenvalue weighted by Gasteiger charge is 2.25. The van der Waals surface area contributed by atoms with Crippen LogP contribution in [-0.2, 0) is 6.54 Å². The topological polar surface area (TPSA) is 147 Å². The van der Waals surface area contributed by atoms with Crippen LogP contribution in [0.3, 0.4) is 0 Å². The summed E-state index contributed by atoms with van der Waals surface area (Å²) in [4.78, 5) is 29.8. The van der Waals surface area contributed by atoms with Gasteiger partial charge in [-0.3, -0.25) is 14.5 Å². The highest BCUT2D eigenvalue weighted by Crippen LogP contribution is 2.39. The molecule has 2 aliphatic rings. The van der Waals surface area contributed by atoms with Crippen LogP contribution in [0.2, 0.25) is 0 Å². The highest BCUT2D eigenvalue weighted by atomic mass is 15.2. The maximum Gasteiger partial charge on any atom is 0.234 e. The number of benzene rings is 1.